The molecule has 1 aliphatic rings. The Morgan fingerprint density at radius 1 is 1.25 bits per heavy atom. The van der Waals surface area contributed by atoms with E-state index >= 15 is 0 Å². The first kappa shape index (κ1) is 26.2. The van der Waals surface area contributed by atoms with Crippen LogP contribution in [0, 0.1) is 6.92 Å². The maximum atomic E-state index is 12.9. The molecule has 10 heteroatoms. The summed E-state index contributed by atoms with van der Waals surface area (Å²) in [5, 5.41) is 7.27. The average Bonchev–Trinajstić information content (AvgIpc) is 3.20. The third-order valence-corrected chi connectivity index (χ3v) is 7.89. The van der Waals surface area contributed by atoms with Gasteiger partial charge in [-0.3, -0.25) is 4.79 Å². The van der Waals surface area contributed by atoms with E-state index in [9.17, 15) is 4.79 Å². The first-order chi connectivity index (χ1) is 17.3. The third-order valence-electron chi connectivity index (χ3n) is 6.69. The van der Waals surface area contributed by atoms with Crippen LogP contribution in [0.25, 0.3) is 10.2 Å². The largest absolute Gasteiger partial charge is 0.470 e. The lowest BCUT2D eigenvalue weighted by molar-refractivity contribution is -0.0172. The second-order valence-corrected chi connectivity index (χ2v) is 10.8. The number of amides is 1. The second-order valence-electron chi connectivity index (χ2n) is 9.84. The molecule has 0 bridgehead atoms. The lowest BCUT2D eigenvalue weighted by Gasteiger charge is -2.37. The number of ether oxygens (including phenoxy) is 2. The second kappa shape index (κ2) is 11.5. The lowest BCUT2D eigenvalue weighted by Crippen LogP contribution is -2.39. The molecule has 1 aliphatic carbocycles. The lowest BCUT2D eigenvalue weighted by atomic mass is 9.84. The highest BCUT2D eigenvalue weighted by atomic mass is 32.1. The number of hydrogen-bond donors (Lipinski definition) is 2. The van der Waals surface area contributed by atoms with Crippen molar-refractivity contribution in [3.05, 3.63) is 35.1 Å². The number of carbonyl (C=O) groups excluding carboxylic acids is 1. The molecule has 0 spiro atoms. The van der Waals surface area contributed by atoms with Gasteiger partial charge in [-0.1, -0.05) is 0 Å². The highest BCUT2D eigenvalue weighted by molar-refractivity contribution is 7.20. The fourth-order valence-corrected chi connectivity index (χ4v) is 5.59. The molecule has 0 aromatic carbocycles. The van der Waals surface area contributed by atoms with Gasteiger partial charge in [-0.15, -0.1) is 11.3 Å². The highest BCUT2D eigenvalue weighted by Gasteiger charge is 2.34. The van der Waals surface area contributed by atoms with Gasteiger partial charge in [0.2, 0.25) is 5.88 Å². The molecule has 36 heavy (non-hydrogen) atoms. The van der Waals surface area contributed by atoms with Crippen molar-refractivity contribution in [1.82, 2.24) is 25.2 Å². The number of aromatic nitrogens is 3. The zero-order valence-corrected chi connectivity index (χ0v) is 22.6. The normalized spacial score (nSPS) is 20.0. The van der Waals surface area contributed by atoms with Crippen molar-refractivity contribution < 1.29 is 14.3 Å². The molecular formula is C26H36N6O3S. The summed E-state index contributed by atoms with van der Waals surface area (Å²) in [4.78, 5) is 29.9. The monoisotopic (exact) mass is 512 g/mol. The first-order valence-electron chi connectivity index (χ1n) is 12.4. The van der Waals surface area contributed by atoms with E-state index in [1.807, 2.05) is 33.2 Å². The molecule has 0 aliphatic heterocycles. The molecule has 1 fully saturated rings. The molecule has 3 aromatic heterocycles. The van der Waals surface area contributed by atoms with Gasteiger partial charge in [0.05, 0.1) is 16.4 Å². The molecule has 1 saturated carbocycles. The molecule has 9 nitrogen and oxygen atoms in total. The van der Waals surface area contributed by atoms with Crippen LogP contribution in [-0.2, 0) is 4.74 Å². The quantitative estimate of drug-likeness (QED) is 0.382. The van der Waals surface area contributed by atoms with Gasteiger partial charge in [0.1, 0.15) is 28.3 Å². The maximum absolute atomic E-state index is 12.9. The highest BCUT2D eigenvalue weighted by Crippen LogP contribution is 2.38. The Bertz CT molecular complexity index is 1190. The summed E-state index contributed by atoms with van der Waals surface area (Å²) in [6.45, 7) is 5.62. The van der Waals surface area contributed by atoms with Gasteiger partial charge in [-0.05, 0) is 84.3 Å². The predicted octanol–water partition coefficient (Wildman–Crippen LogP) is 4.55. The summed E-state index contributed by atoms with van der Waals surface area (Å²) in [5.41, 5.74) is 1.28. The minimum Gasteiger partial charge on any atom is -0.470 e. The van der Waals surface area contributed by atoms with E-state index in [-0.39, 0.29) is 11.5 Å². The number of pyridine rings is 1. The van der Waals surface area contributed by atoms with Crippen LogP contribution in [0.3, 0.4) is 0 Å². The SMILES string of the molecule is COC1CCC(C)(Oc2ncccc2Nc2ncnc3sc(C(=O)NCCCN(C)C)c(C)c23)CC1. The summed E-state index contributed by atoms with van der Waals surface area (Å²) >= 11 is 1.38. The van der Waals surface area contributed by atoms with Crippen molar-refractivity contribution in [1.29, 1.82) is 0 Å². The van der Waals surface area contributed by atoms with E-state index in [0.29, 0.717) is 29.2 Å². The van der Waals surface area contributed by atoms with Crippen molar-refractivity contribution in [2.45, 2.75) is 57.7 Å². The third kappa shape index (κ3) is 6.11. The summed E-state index contributed by atoms with van der Waals surface area (Å²) in [6.07, 6.45) is 8.15. The number of nitrogens with zero attached hydrogens (tertiary/aromatic N) is 4. The number of carbonyl (C=O) groups is 1. The van der Waals surface area contributed by atoms with Crippen molar-refractivity contribution >= 4 is 39.0 Å². The van der Waals surface area contributed by atoms with E-state index in [1.165, 1.54) is 17.7 Å². The molecule has 1 amide bonds. The molecule has 194 valence electrons. The van der Waals surface area contributed by atoms with Gasteiger partial charge < -0.3 is 25.0 Å². The Kier molecular flexibility index (Phi) is 8.38. The average molecular weight is 513 g/mol. The number of anilines is 2. The van der Waals surface area contributed by atoms with Crippen LogP contribution in [-0.4, -0.2) is 71.8 Å². The summed E-state index contributed by atoms with van der Waals surface area (Å²) < 4.78 is 12.0. The predicted molar refractivity (Wildman–Crippen MR) is 143 cm³/mol. The van der Waals surface area contributed by atoms with Crippen LogP contribution in [0.5, 0.6) is 5.88 Å². The molecule has 3 heterocycles. The number of rotatable bonds is 10. The molecule has 3 aromatic rings. The number of nitrogens with one attached hydrogen (secondary N) is 2. The van der Waals surface area contributed by atoms with Crippen molar-refractivity contribution in [2.24, 2.45) is 0 Å². The van der Waals surface area contributed by atoms with Crippen LogP contribution >= 0.6 is 11.3 Å². The molecule has 2 N–H and O–H groups in total. The van der Waals surface area contributed by atoms with Gasteiger partial charge >= 0.3 is 0 Å². The summed E-state index contributed by atoms with van der Waals surface area (Å²) in [6, 6.07) is 3.80. The number of methoxy groups -OCH3 is 1. The van der Waals surface area contributed by atoms with Crippen LogP contribution in [0.2, 0.25) is 0 Å². The maximum Gasteiger partial charge on any atom is 0.261 e. The first-order valence-corrected chi connectivity index (χ1v) is 13.2. The topological polar surface area (TPSA) is 101 Å². The molecule has 0 unspecified atom stereocenters. The van der Waals surface area contributed by atoms with Gasteiger partial charge in [0.25, 0.3) is 5.91 Å². The fraction of sp³-hybridized carbons (Fsp3) is 0.538. The molecule has 0 saturated heterocycles. The van der Waals surface area contributed by atoms with Crippen molar-refractivity contribution in [2.75, 3.05) is 39.6 Å². The Balaban J connectivity index is 1.53. The van der Waals surface area contributed by atoms with Crippen molar-refractivity contribution in [3.63, 3.8) is 0 Å². The Morgan fingerprint density at radius 3 is 2.75 bits per heavy atom. The van der Waals surface area contributed by atoms with Crippen LogP contribution in [0.15, 0.2) is 24.7 Å². The van der Waals surface area contributed by atoms with Gasteiger partial charge in [0.15, 0.2) is 0 Å². The fourth-order valence-electron chi connectivity index (χ4n) is 4.53. The number of thiophene rings is 1. The molecular weight excluding hydrogens is 476 g/mol. The Morgan fingerprint density at radius 2 is 2.03 bits per heavy atom. The molecule has 4 rings (SSSR count). The van der Waals surface area contributed by atoms with Gasteiger partial charge in [0, 0.05) is 19.9 Å². The van der Waals surface area contributed by atoms with E-state index in [2.05, 4.69) is 37.4 Å². The standard InChI is InChI=1S/C26H36N6O3S/c1-17-20-22(29-16-30-25(20)36-21(17)23(33)27-14-7-15-32(3)4)31-19-8-6-13-28-24(19)35-26(2)11-9-18(34-5)10-12-26/h6,8,13,16,18H,7,9-12,14-15H2,1-5H3,(H,27,33)(H,29,30,31). The minimum absolute atomic E-state index is 0.0785. The Hall–Kier alpha value is -2.82. The van der Waals surface area contributed by atoms with Crippen LogP contribution in [0.4, 0.5) is 11.5 Å². The number of aryl methyl sites for hydroxylation is 1. The van der Waals surface area contributed by atoms with Gasteiger partial charge in [-0.25, -0.2) is 15.0 Å². The van der Waals surface area contributed by atoms with Crippen LogP contribution in [0.1, 0.15) is 54.3 Å². The number of hydrogen-bond acceptors (Lipinski definition) is 9. The van der Waals surface area contributed by atoms with E-state index < -0.39 is 0 Å². The molecule has 0 atom stereocenters. The molecule has 0 radical (unpaired) electrons. The minimum atomic E-state index is -0.309. The zero-order valence-electron chi connectivity index (χ0n) is 21.8. The zero-order chi connectivity index (χ0) is 25.7. The van der Waals surface area contributed by atoms with E-state index in [1.54, 1.807) is 13.3 Å². The Labute approximate surface area is 216 Å². The summed E-state index contributed by atoms with van der Waals surface area (Å²) in [5.74, 6) is 1.09. The smallest absolute Gasteiger partial charge is 0.261 e. The van der Waals surface area contributed by atoms with E-state index in [0.717, 1.165) is 60.1 Å². The summed E-state index contributed by atoms with van der Waals surface area (Å²) in [7, 11) is 5.82. The van der Waals surface area contributed by atoms with E-state index in [4.69, 9.17) is 9.47 Å². The van der Waals surface area contributed by atoms with Crippen molar-refractivity contribution in [3.8, 4) is 5.88 Å². The van der Waals surface area contributed by atoms with Gasteiger partial charge in [-0.2, -0.15) is 0 Å². The van der Waals surface area contributed by atoms with Crippen LogP contribution < -0.4 is 15.4 Å². The number of fused-ring (bicyclic) bond motifs is 1.